The normalized spacial score (nSPS) is 12.2. The van der Waals surface area contributed by atoms with Crippen LogP contribution in [0.3, 0.4) is 0 Å². The fraction of sp³-hybridized carbons (Fsp3) is 0.333. The first-order valence-electron chi connectivity index (χ1n) is 4.83. The van der Waals surface area contributed by atoms with Crippen LogP contribution in [0.2, 0.25) is 0 Å². The number of alkyl halides is 2. The highest BCUT2D eigenvalue weighted by atomic mass is 19.3. The van der Waals surface area contributed by atoms with Crippen LogP contribution >= 0.6 is 0 Å². The predicted molar refractivity (Wildman–Crippen MR) is 58.3 cm³/mol. The van der Waals surface area contributed by atoms with Crippen LogP contribution in [0.25, 0.3) is 0 Å². The smallest absolute Gasteiger partial charge is 0.387 e. The molecule has 86 valence electrons. The van der Waals surface area contributed by atoms with Gasteiger partial charge >= 0.3 is 6.61 Å². The molecule has 0 aliphatic rings. The van der Waals surface area contributed by atoms with Gasteiger partial charge in [0.25, 0.3) is 0 Å². The van der Waals surface area contributed by atoms with Crippen LogP contribution in [0.15, 0.2) is 24.3 Å². The van der Waals surface area contributed by atoms with E-state index in [2.05, 4.69) is 16.0 Å². The highest BCUT2D eigenvalue weighted by Crippen LogP contribution is 2.20. The third kappa shape index (κ3) is 3.52. The van der Waals surface area contributed by atoms with Gasteiger partial charge in [-0.2, -0.15) is 8.78 Å². The summed E-state index contributed by atoms with van der Waals surface area (Å²) in [7, 11) is 1.80. The molecule has 0 aromatic heterocycles. The first-order chi connectivity index (χ1) is 7.67. The fourth-order valence-corrected chi connectivity index (χ4v) is 1.39. The summed E-state index contributed by atoms with van der Waals surface area (Å²) in [6, 6.07) is 6.47. The Balaban J connectivity index is 2.73. The van der Waals surface area contributed by atoms with Crippen LogP contribution in [-0.2, 0) is 0 Å². The molecule has 1 unspecified atom stereocenters. The van der Waals surface area contributed by atoms with Crippen molar-refractivity contribution in [2.45, 2.75) is 19.1 Å². The second-order valence-corrected chi connectivity index (χ2v) is 3.20. The van der Waals surface area contributed by atoms with E-state index in [4.69, 9.17) is 6.42 Å². The van der Waals surface area contributed by atoms with Gasteiger partial charge < -0.3 is 10.1 Å². The Morgan fingerprint density at radius 3 is 2.44 bits per heavy atom. The number of ether oxygens (including phenoxy) is 1. The molecule has 0 amide bonds. The van der Waals surface area contributed by atoms with E-state index in [0.29, 0.717) is 6.42 Å². The lowest BCUT2D eigenvalue weighted by molar-refractivity contribution is -0.0498. The van der Waals surface area contributed by atoms with Crippen LogP contribution in [-0.4, -0.2) is 13.7 Å². The zero-order valence-corrected chi connectivity index (χ0v) is 8.91. The molecule has 1 atom stereocenters. The van der Waals surface area contributed by atoms with E-state index in [1.54, 1.807) is 19.2 Å². The van der Waals surface area contributed by atoms with Crippen molar-refractivity contribution >= 4 is 0 Å². The number of halogens is 2. The molecule has 0 fully saturated rings. The maximum absolute atomic E-state index is 11.9. The summed E-state index contributed by atoms with van der Waals surface area (Å²) in [5.74, 6) is 2.70. The maximum Gasteiger partial charge on any atom is 0.387 e. The number of nitrogens with one attached hydrogen (secondary N) is 1. The lowest BCUT2D eigenvalue weighted by Crippen LogP contribution is -2.15. The first kappa shape index (κ1) is 12.5. The van der Waals surface area contributed by atoms with E-state index in [0.717, 1.165) is 5.56 Å². The molecule has 0 radical (unpaired) electrons. The van der Waals surface area contributed by atoms with Gasteiger partial charge in [-0.05, 0) is 24.7 Å². The van der Waals surface area contributed by atoms with Gasteiger partial charge in [-0.15, -0.1) is 12.3 Å². The molecule has 0 aliphatic heterocycles. The van der Waals surface area contributed by atoms with E-state index < -0.39 is 6.61 Å². The lowest BCUT2D eigenvalue weighted by Gasteiger charge is -2.14. The number of hydrogen-bond acceptors (Lipinski definition) is 2. The molecule has 1 rings (SSSR count). The van der Waals surface area contributed by atoms with Gasteiger partial charge in [-0.1, -0.05) is 12.1 Å². The number of hydrogen-bond donors (Lipinski definition) is 1. The SMILES string of the molecule is C#CCC(NC)c1ccc(OC(F)F)cc1. The molecule has 0 spiro atoms. The van der Waals surface area contributed by atoms with Crippen molar-refractivity contribution in [3.8, 4) is 18.1 Å². The highest BCUT2D eigenvalue weighted by Gasteiger charge is 2.08. The standard InChI is InChI=1S/C12H13F2NO/c1-3-4-11(15-2)9-5-7-10(8-6-9)16-12(13)14/h1,5-8,11-12,15H,4H2,2H3. The summed E-state index contributed by atoms with van der Waals surface area (Å²) in [5, 5.41) is 3.05. The Labute approximate surface area is 93.6 Å². The third-order valence-corrected chi connectivity index (χ3v) is 2.18. The minimum atomic E-state index is -2.79. The van der Waals surface area contributed by atoms with Gasteiger partial charge in [0.05, 0.1) is 0 Å². The van der Waals surface area contributed by atoms with Crippen molar-refractivity contribution in [1.82, 2.24) is 5.32 Å². The Morgan fingerprint density at radius 2 is 2.00 bits per heavy atom. The maximum atomic E-state index is 11.9. The van der Waals surface area contributed by atoms with Crippen LogP contribution < -0.4 is 10.1 Å². The number of terminal acetylenes is 1. The van der Waals surface area contributed by atoms with Crippen molar-refractivity contribution in [3.63, 3.8) is 0 Å². The van der Waals surface area contributed by atoms with Gasteiger partial charge in [-0.25, -0.2) is 0 Å². The second-order valence-electron chi connectivity index (χ2n) is 3.20. The monoisotopic (exact) mass is 225 g/mol. The molecular formula is C12H13F2NO. The topological polar surface area (TPSA) is 21.3 Å². The van der Waals surface area contributed by atoms with Gasteiger partial charge in [-0.3, -0.25) is 0 Å². The fourth-order valence-electron chi connectivity index (χ4n) is 1.39. The average Bonchev–Trinajstić information content (AvgIpc) is 2.26. The number of benzene rings is 1. The summed E-state index contributed by atoms with van der Waals surface area (Å²) >= 11 is 0. The summed E-state index contributed by atoms with van der Waals surface area (Å²) in [6.07, 6.45) is 5.77. The van der Waals surface area contributed by atoms with Crippen molar-refractivity contribution < 1.29 is 13.5 Å². The molecule has 1 aromatic carbocycles. The molecule has 4 heteroatoms. The Hall–Kier alpha value is -1.60. The van der Waals surface area contributed by atoms with E-state index in [-0.39, 0.29) is 11.8 Å². The second kappa shape index (κ2) is 6.09. The first-order valence-corrected chi connectivity index (χ1v) is 4.83. The van der Waals surface area contributed by atoms with Crippen LogP contribution in [0.1, 0.15) is 18.0 Å². The zero-order valence-electron chi connectivity index (χ0n) is 8.91. The molecule has 2 nitrogen and oxygen atoms in total. The summed E-state index contributed by atoms with van der Waals surface area (Å²) < 4.78 is 28.1. The van der Waals surface area contributed by atoms with Gasteiger partial charge in [0.1, 0.15) is 5.75 Å². The molecule has 0 bridgehead atoms. The van der Waals surface area contributed by atoms with Gasteiger partial charge in [0.15, 0.2) is 0 Å². The predicted octanol–water partition coefficient (Wildman–Crippen LogP) is 2.57. The van der Waals surface area contributed by atoms with Crippen LogP contribution in [0.5, 0.6) is 5.75 Å². The van der Waals surface area contributed by atoms with E-state index >= 15 is 0 Å². The van der Waals surface area contributed by atoms with Crippen molar-refractivity contribution in [2.75, 3.05) is 7.05 Å². The average molecular weight is 225 g/mol. The molecule has 1 aromatic rings. The van der Waals surface area contributed by atoms with Crippen molar-refractivity contribution in [2.24, 2.45) is 0 Å². The minimum Gasteiger partial charge on any atom is -0.435 e. The molecule has 0 heterocycles. The summed E-state index contributed by atoms with van der Waals surface area (Å²) in [5.41, 5.74) is 0.946. The molecule has 0 aliphatic carbocycles. The van der Waals surface area contributed by atoms with E-state index in [1.807, 2.05) is 0 Å². The van der Waals surface area contributed by atoms with Crippen molar-refractivity contribution in [3.05, 3.63) is 29.8 Å². The van der Waals surface area contributed by atoms with Gasteiger partial charge in [0.2, 0.25) is 0 Å². The largest absolute Gasteiger partial charge is 0.435 e. The molecule has 0 saturated carbocycles. The molecule has 16 heavy (non-hydrogen) atoms. The Bertz CT molecular complexity index is 356. The Morgan fingerprint density at radius 1 is 1.38 bits per heavy atom. The molecular weight excluding hydrogens is 212 g/mol. The van der Waals surface area contributed by atoms with Crippen molar-refractivity contribution in [1.29, 1.82) is 0 Å². The summed E-state index contributed by atoms with van der Waals surface area (Å²) in [4.78, 5) is 0. The Kier molecular flexibility index (Phi) is 4.74. The quantitative estimate of drug-likeness (QED) is 0.778. The van der Waals surface area contributed by atoms with Crippen LogP contribution in [0, 0.1) is 12.3 Å². The van der Waals surface area contributed by atoms with E-state index in [1.165, 1.54) is 12.1 Å². The molecule has 0 saturated heterocycles. The van der Waals surface area contributed by atoms with Crippen LogP contribution in [0.4, 0.5) is 8.78 Å². The molecule has 1 N–H and O–H groups in total. The lowest BCUT2D eigenvalue weighted by atomic mass is 10.0. The summed E-state index contributed by atoms with van der Waals surface area (Å²) in [6.45, 7) is -2.79. The third-order valence-electron chi connectivity index (χ3n) is 2.18. The number of rotatable bonds is 5. The minimum absolute atomic E-state index is 0.0330. The highest BCUT2D eigenvalue weighted by molar-refractivity contribution is 5.29. The zero-order chi connectivity index (χ0) is 12.0. The van der Waals surface area contributed by atoms with E-state index in [9.17, 15) is 8.78 Å². The van der Waals surface area contributed by atoms with Gasteiger partial charge in [0, 0.05) is 12.5 Å².